The molecule has 2 aromatic rings. The molecule has 1 aliphatic carbocycles. The third-order valence-electron chi connectivity index (χ3n) is 7.27. The number of halogens is 1. The summed E-state index contributed by atoms with van der Waals surface area (Å²) in [5, 5.41) is 4.34. The van der Waals surface area contributed by atoms with Crippen molar-refractivity contribution in [2.75, 3.05) is 30.1 Å². The summed E-state index contributed by atoms with van der Waals surface area (Å²) in [6.45, 7) is 4.77. The van der Waals surface area contributed by atoms with Crippen molar-refractivity contribution < 1.29 is 45.8 Å². The number of carbonyl (C=O) groups excluding carboxylic acids is 2. The lowest BCUT2D eigenvalue weighted by Crippen LogP contribution is -2.25. The van der Waals surface area contributed by atoms with Crippen LogP contribution in [0.5, 0.6) is 0 Å². The molecule has 1 saturated carbocycles. The number of ether oxygens (including phenoxy) is 3. The van der Waals surface area contributed by atoms with Crippen LogP contribution in [0, 0.1) is 11.8 Å². The second kappa shape index (κ2) is 14.9. The molecule has 0 spiro atoms. The van der Waals surface area contributed by atoms with Gasteiger partial charge in [-0.3, -0.25) is 23.2 Å². The van der Waals surface area contributed by atoms with Crippen LogP contribution < -0.4 is 5.32 Å². The van der Waals surface area contributed by atoms with Gasteiger partial charge in [0.2, 0.25) is 18.9 Å². The summed E-state index contributed by atoms with van der Waals surface area (Å²) < 4.78 is 67.7. The maximum atomic E-state index is 13.4. The molecule has 0 radical (unpaired) electrons. The molecule has 0 unspecified atom stereocenters. The van der Waals surface area contributed by atoms with Gasteiger partial charge >= 0.3 is 19.5 Å². The maximum absolute atomic E-state index is 13.4. The van der Waals surface area contributed by atoms with Gasteiger partial charge in [-0.2, -0.15) is 4.98 Å². The van der Waals surface area contributed by atoms with Crippen LogP contribution >= 0.6 is 19.2 Å². The molecule has 246 valence electrons. The molecular weight excluding hydrogens is 639 g/mol. The lowest BCUT2D eigenvalue weighted by Gasteiger charge is -2.20. The molecule has 2 aromatic heterocycles. The van der Waals surface area contributed by atoms with Gasteiger partial charge in [0.1, 0.15) is 17.7 Å². The number of anilines is 1. The highest BCUT2D eigenvalue weighted by atomic mass is 35.5. The predicted molar refractivity (Wildman–Crippen MR) is 162 cm³/mol. The standard InChI is InChI=1S/C27H40ClN4O10PS/c1-17(2)25(33)38-14-40-43(35,41-15-39-26(34)18(3)4)16-44(36,37)13-20-9-10-22(42-20)32-12-11-21-23(29-19-7-5-6-8-19)30-27(28)31-24(21)32/h11-12,17-20,22H,5-10,13-16H2,1-4H3,(H,29,30,31)/t20-,22+/m0/s1. The van der Waals surface area contributed by atoms with Gasteiger partial charge in [-0.15, -0.1) is 0 Å². The Balaban J connectivity index is 1.41. The summed E-state index contributed by atoms with van der Waals surface area (Å²) >= 11 is 6.26. The lowest BCUT2D eigenvalue weighted by atomic mass is 10.2. The summed E-state index contributed by atoms with van der Waals surface area (Å²) in [5.41, 5.74) is -0.466. The number of esters is 2. The first-order valence-corrected chi connectivity index (χ1v) is 18.6. The quantitative estimate of drug-likeness (QED) is 0.115. The van der Waals surface area contributed by atoms with E-state index in [2.05, 4.69) is 15.3 Å². The van der Waals surface area contributed by atoms with Crippen molar-refractivity contribution >= 4 is 57.8 Å². The monoisotopic (exact) mass is 678 g/mol. The van der Waals surface area contributed by atoms with Crippen molar-refractivity contribution in [2.24, 2.45) is 11.8 Å². The van der Waals surface area contributed by atoms with Crippen molar-refractivity contribution in [2.45, 2.75) is 84.6 Å². The Labute approximate surface area is 261 Å². The fourth-order valence-electron chi connectivity index (χ4n) is 4.98. The Hall–Kier alpha value is -2.29. The van der Waals surface area contributed by atoms with E-state index in [0.29, 0.717) is 30.3 Å². The smallest absolute Gasteiger partial charge is 0.351 e. The summed E-state index contributed by atoms with van der Waals surface area (Å²) in [5.74, 6) is -2.07. The average molecular weight is 679 g/mol. The molecule has 1 aliphatic heterocycles. The number of fused-ring (bicyclic) bond motifs is 1. The second-order valence-corrected chi connectivity index (χ2v) is 16.5. The minimum atomic E-state index is -4.43. The third-order valence-corrected chi connectivity index (χ3v) is 12.2. The number of nitrogens with one attached hydrogen (secondary N) is 1. The van der Waals surface area contributed by atoms with E-state index < -0.39 is 78.4 Å². The van der Waals surface area contributed by atoms with E-state index in [-0.39, 0.29) is 5.28 Å². The largest absolute Gasteiger partial charge is 0.438 e. The zero-order chi connectivity index (χ0) is 32.1. The second-order valence-electron chi connectivity index (χ2n) is 11.6. The summed E-state index contributed by atoms with van der Waals surface area (Å²) in [4.78, 5) is 32.4. The van der Waals surface area contributed by atoms with E-state index in [1.807, 2.05) is 12.3 Å². The van der Waals surface area contributed by atoms with Crippen LogP contribution in [0.1, 0.15) is 72.4 Å². The minimum absolute atomic E-state index is 0.0870. The van der Waals surface area contributed by atoms with Gasteiger partial charge in [-0.25, -0.2) is 13.4 Å². The highest BCUT2D eigenvalue weighted by Crippen LogP contribution is 2.50. The average Bonchev–Trinajstić information content (AvgIpc) is 3.69. The summed E-state index contributed by atoms with van der Waals surface area (Å²) in [6, 6.07) is 2.19. The fourth-order valence-corrected chi connectivity index (χ4v) is 9.40. The van der Waals surface area contributed by atoms with Crippen LogP contribution in [0.3, 0.4) is 0 Å². The molecule has 1 N–H and O–H groups in total. The van der Waals surface area contributed by atoms with E-state index in [9.17, 15) is 22.6 Å². The van der Waals surface area contributed by atoms with E-state index >= 15 is 0 Å². The van der Waals surface area contributed by atoms with E-state index in [1.54, 1.807) is 32.3 Å². The van der Waals surface area contributed by atoms with Crippen LogP contribution in [-0.4, -0.2) is 71.9 Å². The van der Waals surface area contributed by atoms with Crippen LogP contribution in [0.25, 0.3) is 11.0 Å². The van der Waals surface area contributed by atoms with Gasteiger partial charge in [0.05, 0.1) is 29.1 Å². The highest BCUT2D eigenvalue weighted by molar-refractivity contribution is 7.97. The first-order valence-electron chi connectivity index (χ1n) is 14.6. The van der Waals surface area contributed by atoms with Crippen molar-refractivity contribution in [3.05, 3.63) is 17.5 Å². The highest BCUT2D eigenvalue weighted by Gasteiger charge is 2.38. The number of nitrogens with zero attached hydrogens (tertiary/aromatic N) is 3. The molecule has 0 amide bonds. The first-order chi connectivity index (χ1) is 20.7. The topological polar surface area (TPSA) is 174 Å². The molecule has 0 aromatic carbocycles. The maximum Gasteiger partial charge on any atom is 0.351 e. The molecule has 44 heavy (non-hydrogen) atoms. The number of aromatic nitrogens is 3. The molecule has 1 saturated heterocycles. The Bertz CT molecular complexity index is 1450. The lowest BCUT2D eigenvalue weighted by molar-refractivity contribution is -0.156. The van der Waals surface area contributed by atoms with Gasteiger partial charge in [0.15, 0.2) is 15.3 Å². The molecular formula is C27H40ClN4O10PS. The molecule has 17 heteroatoms. The van der Waals surface area contributed by atoms with E-state index in [1.165, 1.54) is 0 Å². The molecule has 14 nitrogen and oxygen atoms in total. The Morgan fingerprint density at radius 1 is 1.05 bits per heavy atom. The molecule has 2 aliphatic rings. The van der Waals surface area contributed by atoms with Gasteiger partial charge in [0, 0.05) is 12.2 Å². The van der Waals surface area contributed by atoms with Crippen molar-refractivity contribution in [1.29, 1.82) is 0 Å². The number of sulfone groups is 1. The van der Waals surface area contributed by atoms with Crippen LogP contribution in [0.4, 0.5) is 5.82 Å². The molecule has 2 atom stereocenters. The van der Waals surface area contributed by atoms with Crippen LogP contribution in [0.2, 0.25) is 5.28 Å². The number of carbonyl (C=O) groups is 2. The van der Waals surface area contributed by atoms with Crippen molar-refractivity contribution in [1.82, 2.24) is 14.5 Å². The normalized spacial score (nSPS) is 19.7. The van der Waals surface area contributed by atoms with Crippen LogP contribution in [-0.2, 0) is 47.2 Å². The number of hydrogen-bond acceptors (Lipinski definition) is 13. The molecule has 2 fully saturated rings. The fraction of sp³-hybridized carbons (Fsp3) is 0.704. The van der Waals surface area contributed by atoms with Gasteiger partial charge < -0.3 is 24.1 Å². The number of hydrogen-bond donors (Lipinski definition) is 1. The zero-order valence-corrected chi connectivity index (χ0v) is 27.7. The predicted octanol–water partition coefficient (Wildman–Crippen LogP) is 5.03. The summed E-state index contributed by atoms with van der Waals surface area (Å²) in [7, 11) is -8.54. The summed E-state index contributed by atoms with van der Waals surface area (Å²) in [6.07, 6.45) is 5.91. The van der Waals surface area contributed by atoms with E-state index in [4.69, 9.17) is 34.9 Å². The van der Waals surface area contributed by atoms with Gasteiger partial charge in [-0.05, 0) is 43.4 Å². The van der Waals surface area contributed by atoms with E-state index in [0.717, 1.165) is 31.1 Å². The Kier molecular flexibility index (Phi) is 11.7. The third kappa shape index (κ3) is 9.37. The van der Waals surface area contributed by atoms with Crippen molar-refractivity contribution in [3.8, 4) is 0 Å². The van der Waals surface area contributed by atoms with Gasteiger partial charge in [0.25, 0.3) is 0 Å². The minimum Gasteiger partial charge on any atom is -0.438 e. The van der Waals surface area contributed by atoms with Gasteiger partial charge in [-0.1, -0.05) is 40.5 Å². The van der Waals surface area contributed by atoms with Crippen molar-refractivity contribution in [3.63, 3.8) is 0 Å². The Morgan fingerprint density at radius 3 is 2.25 bits per heavy atom. The SMILES string of the molecule is CC(C)C(=O)OCOP(=O)(CS(=O)(=O)C[C@@H]1CC[C@H](n2ccc3c(NC4CCCC4)nc(Cl)nc32)O1)OCOC(=O)C(C)C. The molecule has 0 bridgehead atoms. The van der Waals surface area contributed by atoms with Crippen LogP contribution in [0.15, 0.2) is 12.3 Å². The Morgan fingerprint density at radius 2 is 1.66 bits per heavy atom. The number of rotatable bonds is 15. The first kappa shape index (κ1) is 34.6. The molecule has 3 heterocycles. The molecule has 4 rings (SSSR count). The zero-order valence-electron chi connectivity index (χ0n) is 25.3.